The van der Waals surface area contributed by atoms with Crippen LogP contribution in [0.3, 0.4) is 0 Å². The monoisotopic (exact) mass is 185 g/mol. The number of aliphatic hydroxyl groups excluding tert-OH is 1. The Morgan fingerprint density at radius 3 is 2.92 bits per heavy atom. The second-order valence-corrected chi connectivity index (χ2v) is 3.27. The molecule has 1 aliphatic rings. The van der Waals surface area contributed by atoms with E-state index in [0.29, 0.717) is 13.1 Å². The average Bonchev–Trinajstić information content (AvgIpc) is 1.97. The number of rotatable bonds is 3. The molecule has 0 aromatic carbocycles. The van der Waals surface area contributed by atoms with Crippen LogP contribution in [0.15, 0.2) is 12.7 Å². The summed E-state index contributed by atoms with van der Waals surface area (Å²) < 4.78 is 4.81. The average molecular weight is 185 g/mol. The molecule has 1 fully saturated rings. The topological polar surface area (TPSA) is 49.8 Å². The molecule has 4 heteroatoms. The van der Waals surface area contributed by atoms with E-state index >= 15 is 0 Å². The van der Waals surface area contributed by atoms with Gasteiger partial charge in [-0.1, -0.05) is 12.7 Å². The van der Waals surface area contributed by atoms with Gasteiger partial charge >= 0.3 is 6.09 Å². The van der Waals surface area contributed by atoms with Gasteiger partial charge in [0.1, 0.15) is 6.61 Å². The van der Waals surface area contributed by atoms with Crippen molar-refractivity contribution in [1.29, 1.82) is 0 Å². The highest BCUT2D eigenvalue weighted by atomic mass is 16.6. The van der Waals surface area contributed by atoms with Crippen molar-refractivity contribution in [3.8, 4) is 0 Å². The maximum atomic E-state index is 11.1. The van der Waals surface area contributed by atoms with Gasteiger partial charge in [0, 0.05) is 19.0 Å². The predicted molar refractivity (Wildman–Crippen MR) is 48.3 cm³/mol. The van der Waals surface area contributed by atoms with E-state index < -0.39 is 0 Å². The first-order valence-electron chi connectivity index (χ1n) is 4.35. The number of carbonyl (C=O) groups is 1. The van der Waals surface area contributed by atoms with Gasteiger partial charge in [0.2, 0.25) is 0 Å². The van der Waals surface area contributed by atoms with E-state index in [2.05, 4.69) is 6.58 Å². The van der Waals surface area contributed by atoms with Gasteiger partial charge in [0.25, 0.3) is 0 Å². The Hall–Kier alpha value is -1.03. The fourth-order valence-corrected chi connectivity index (χ4v) is 1.19. The van der Waals surface area contributed by atoms with E-state index in [1.54, 1.807) is 11.8 Å². The van der Waals surface area contributed by atoms with Gasteiger partial charge in [-0.15, -0.1) is 0 Å². The van der Waals surface area contributed by atoms with Crippen molar-refractivity contribution in [3.63, 3.8) is 0 Å². The van der Waals surface area contributed by atoms with Crippen LogP contribution in [0.2, 0.25) is 0 Å². The van der Waals surface area contributed by atoms with E-state index in [1.165, 1.54) is 6.08 Å². The van der Waals surface area contributed by atoms with E-state index in [9.17, 15) is 4.79 Å². The highest BCUT2D eigenvalue weighted by Crippen LogP contribution is 2.19. The molecule has 4 nitrogen and oxygen atoms in total. The first-order chi connectivity index (χ1) is 6.15. The molecule has 1 N–H and O–H groups in total. The molecule has 1 atom stereocenters. The molecule has 13 heavy (non-hydrogen) atoms. The molecule has 1 saturated heterocycles. The maximum absolute atomic E-state index is 11.1. The van der Waals surface area contributed by atoms with Crippen molar-refractivity contribution in [2.45, 2.75) is 13.0 Å². The van der Waals surface area contributed by atoms with Crippen LogP contribution in [0.5, 0.6) is 0 Å². The summed E-state index contributed by atoms with van der Waals surface area (Å²) in [7, 11) is 0. The zero-order valence-electron chi connectivity index (χ0n) is 7.77. The van der Waals surface area contributed by atoms with E-state index in [1.807, 2.05) is 0 Å². The Bertz CT molecular complexity index is 197. The Balaban J connectivity index is 2.19. The standard InChI is InChI=1S/C9H15NO3/c1-3-4-13-9(12)10-5-8(6-10)7(2)11/h3,7-8,11H,1,4-6H2,2H3. The first-order valence-corrected chi connectivity index (χ1v) is 4.35. The van der Waals surface area contributed by atoms with Gasteiger partial charge in [-0.05, 0) is 6.92 Å². The van der Waals surface area contributed by atoms with Crippen molar-refractivity contribution in [1.82, 2.24) is 4.90 Å². The number of amides is 1. The third-order valence-electron chi connectivity index (χ3n) is 2.17. The molecule has 0 spiro atoms. The summed E-state index contributed by atoms with van der Waals surface area (Å²) in [5, 5.41) is 9.15. The predicted octanol–water partition coefficient (Wildman–Crippen LogP) is 0.622. The second-order valence-electron chi connectivity index (χ2n) is 3.27. The summed E-state index contributed by atoms with van der Waals surface area (Å²) in [5.74, 6) is 0.205. The lowest BCUT2D eigenvalue weighted by atomic mass is 9.95. The summed E-state index contributed by atoms with van der Waals surface area (Å²) in [6, 6.07) is 0. The zero-order chi connectivity index (χ0) is 9.84. The fraction of sp³-hybridized carbons (Fsp3) is 0.667. The molecule has 0 aliphatic carbocycles. The second kappa shape index (κ2) is 4.28. The summed E-state index contributed by atoms with van der Waals surface area (Å²) in [5.41, 5.74) is 0. The van der Waals surface area contributed by atoms with Crippen LogP contribution in [-0.4, -0.2) is 41.9 Å². The largest absolute Gasteiger partial charge is 0.445 e. The molecule has 1 unspecified atom stereocenters. The number of aliphatic hydroxyl groups is 1. The van der Waals surface area contributed by atoms with Crippen molar-refractivity contribution < 1.29 is 14.6 Å². The van der Waals surface area contributed by atoms with Gasteiger partial charge in [-0.2, -0.15) is 0 Å². The minimum Gasteiger partial charge on any atom is -0.445 e. The highest BCUT2D eigenvalue weighted by molar-refractivity contribution is 5.68. The summed E-state index contributed by atoms with van der Waals surface area (Å²) in [6.07, 6.45) is 0.865. The van der Waals surface area contributed by atoms with Gasteiger partial charge in [-0.25, -0.2) is 4.79 Å². The Labute approximate surface area is 77.8 Å². The molecular formula is C9H15NO3. The van der Waals surface area contributed by atoms with Crippen molar-refractivity contribution in [3.05, 3.63) is 12.7 Å². The molecule has 0 radical (unpaired) electrons. The molecule has 0 aromatic rings. The molecule has 0 aromatic heterocycles. The van der Waals surface area contributed by atoms with Crippen LogP contribution in [-0.2, 0) is 4.74 Å². The molecule has 0 bridgehead atoms. The lowest BCUT2D eigenvalue weighted by Gasteiger charge is -2.39. The first kappa shape index (κ1) is 10.1. The molecule has 1 aliphatic heterocycles. The Kier molecular flexibility index (Phi) is 3.31. The molecule has 1 heterocycles. The molecule has 1 amide bonds. The van der Waals surface area contributed by atoms with Gasteiger partial charge < -0.3 is 14.7 Å². The van der Waals surface area contributed by atoms with Crippen LogP contribution < -0.4 is 0 Å². The zero-order valence-corrected chi connectivity index (χ0v) is 7.77. The molecule has 1 rings (SSSR count). The number of hydrogen-bond donors (Lipinski definition) is 1. The molecule has 0 saturated carbocycles. The number of hydrogen-bond acceptors (Lipinski definition) is 3. The minimum absolute atomic E-state index is 0.205. The Morgan fingerprint density at radius 1 is 1.85 bits per heavy atom. The van der Waals surface area contributed by atoms with Crippen molar-refractivity contribution in [2.75, 3.05) is 19.7 Å². The van der Waals surface area contributed by atoms with Crippen LogP contribution in [0.1, 0.15) is 6.92 Å². The third-order valence-corrected chi connectivity index (χ3v) is 2.17. The molecule has 74 valence electrons. The lowest BCUT2D eigenvalue weighted by molar-refractivity contribution is 0.00445. The number of nitrogens with zero attached hydrogens (tertiary/aromatic N) is 1. The van der Waals surface area contributed by atoms with Crippen LogP contribution in [0.4, 0.5) is 4.79 Å². The normalized spacial score (nSPS) is 19.1. The fourth-order valence-electron chi connectivity index (χ4n) is 1.19. The van der Waals surface area contributed by atoms with E-state index in [0.717, 1.165) is 0 Å². The van der Waals surface area contributed by atoms with Crippen LogP contribution in [0, 0.1) is 5.92 Å². The summed E-state index contributed by atoms with van der Waals surface area (Å²) in [6.45, 7) is 6.60. The van der Waals surface area contributed by atoms with Gasteiger partial charge in [0.15, 0.2) is 0 Å². The number of likely N-dealkylation sites (tertiary alicyclic amines) is 1. The smallest absolute Gasteiger partial charge is 0.410 e. The summed E-state index contributed by atoms with van der Waals surface area (Å²) in [4.78, 5) is 12.7. The number of carbonyl (C=O) groups excluding carboxylic acids is 1. The van der Waals surface area contributed by atoms with Crippen LogP contribution >= 0.6 is 0 Å². The third kappa shape index (κ3) is 2.45. The van der Waals surface area contributed by atoms with E-state index in [4.69, 9.17) is 9.84 Å². The lowest BCUT2D eigenvalue weighted by Crippen LogP contribution is -2.53. The molecular weight excluding hydrogens is 170 g/mol. The SMILES string of the molecule is C=CCOC(=O)N1CC(C(C)O)C1. The Morgan fingerprint density at radius 2 is 2.46 bits per heavy atom. The van der Waals surface area contributed by atoms with Crippen molar-refractivity contribution in [2.24, 2.45) is 5.92 Å². The van der Waals surface area contributed by atoms with Crippen LogP contribution in [0.25, 0.3) is 0 Å². The van der Waals surface area contributed by atoms with Gasteiger partial charge in [-0.3, -0.25) is 0 Å². The minimum atomic E-state index is -0.344. The quantitative estimate of drug-likeness (QED) is 0.656. The van der Waals surface area contributed by atoms with Crippen molar-refractivity contribution >= 4 is 6.09 Å². The summed E-state index contributed by atoms with van der Waals surface area (Å²) >= 11 is 0. The van der Waals surface area contributed by atoms with E-state index in [-0.39, 0.29) is 24.7 Å². The number of ether oxygens (including phenoxy) is 1. The van der Waals surface area contributed by atoms with Gasteiger partial charge in [0.05, 0.1) is 6.10 Å². The highest BCUT2D eigenvalue weighted by Gasteiger charge is 2.34. The maximum Gasteiger partial charge on any atom is 0.410 e.